The average Bonchev–Trinajstić information content (AvgIpc) is 2.81. The van der Waals surface area contributed by atoms with Gasteiger partial charge in [0.05, 0.1) is 6.26 Å². The lowest BCUT2D eigenvalue weighted by Gasteiger charge is -2.25. The third-order valence-electron chi connectivity index (χ3n) is 4.28. The van der Waals surface area contributed by atoms with Gasteiger partial charge in [0.1, 0.15) is 0 Å². The summed E-state index contributed by atoms with van der Waals surface area (Å²) in [5.41, 5.74) is 2.14. The fourth-order valence-corrected chi connectivity index (χ4v) is 3.95. The zero-order chi connectivity index (χ0) is 17.0. The number of hydrogen-bond acceptors (Lipinski definition) is 3. The molecule has 1 aliphatic rings. The highest BCUT2D eigenvalue weighted by Gasteiger charge is 2.30. The molecule has 0 radical (unpaired) electrons. The Bertz CT molecular complexity index is 658. The number of rotatable bonds is 7. The van der Waals surface area contributed by atoms with Crippen LogP contribution in [0.5, 0.6) is 0 Å². The van der Waals surface area contributed by atoms with Crippen LogP contribution in [0.15, 0.2) is 24.3 Å². The molecule has 0 saturated carbocycles. The SMILES string of the molecule is CCCCN(CCC(=O)N1c2ccccc2CC1C)S(C)(=O)=O. The molecule has 0 saturated heterocycles. The summed E-state index contributed by atoms with van der Waals surface area (Å²) in [6.45, 7) is 4.79. The molecular formula is C17H26N2O3S. The molecule has 0 N–H and O–H groups in total. The number of benzene rings is 1. The molecule has 6 heteroatoms. The molecule has 0 spiro atoms. The largest absolute Gasteiger partial charge is 0.309 e. The molecule has 5 nitrogen and oxygen atoms in total. The molecule has 0 bridgehead atoms. The van der Waals surface area contributed by atoms with Crippen LogP contribution in [0.4, 0.5) is 5.69 Å². The van der Waals surface area contributed by atoms with E-state index in [-0.39, 0.29) is 24.9 Å². The van der Waals surface area contributed by atoms with Crippen LogP contribution in [0.2, 0.25) is 0 Å². The second kappa shape index (κ2) is 7.45. The van der Waals surface area contributed by atoms with Crippen LogP contribution < -0.4 is 4.90 Å². The molecule has 1 atom stereocenters. The Morgan fingerprint density at radius 3 is 2.65 bits per heavy atom. The lowest BCUT2D eigenvalue weighted by molar-refractivity contribution is -0.119. The van der Waals surface area contributed by atoms with Crippen molar-refractivity contribution in [2.75, 3.05) is 24.2 Å². The number of unbranched alkanes of at least 4 members (excludes halogenated alkanes) is 1. The predicted octanol–water partition coefficient (Wildman–Crippen LogP) is 2.42. The molecule has 1 amide bonds. The van der Waals surface area contributed by atoms with Gasteiger partial charge in [-0.25, -0.2) is 12.7 Å². The van der Waals surface area contributed by atoms with E-state index in [0.717, 1.165) is 24.9 Å². The zero-order valence-electron chi connectivity index (χ0n) is 14.2. The van der Waals surface area contributed by atoms with Crippen molar-refractivity contribution >= 4 is 21.6 Å². The number of sulfonamides is 1. The first kappa shape index (κ1) is 17.9. The maximum absolute atomic E-state index is 12.6. The summed E-state index contributed by atoms with van der Waals surface area (Å²) in [7, 11) is -3.27. The summed E-state index contributed by atoms with van der Waals surface area (Å²) in [6, 6.07) is 8.05. The van der Waals surface area contributed by atoms with Crippen LogP contribution in [-0.4, -0.2) is 44.0 Å². The van der Waals surface area contributed by atoms with Crippen LogP contribution in [0, 0.1) is 0 Å². The van der Waals surface area contributed by atoms with Gasteiger partial charge in [-0.1, -0.05) is 31.5 Å². The first-order valence-electron chi connectivity index (χ1n) is 8.19. The van der Waals surface area contributed by atoms with Gasteiger partial charge in [0.15, 0.2) is 0 Å². The van der Waals surface area contributed by atoms with Crippen LogP contribution in [0.1, 0.15) is 38.7 Å². The molecule has 0 aromatic heterocycles. The van der Waals surface area contributed by atoms with Gasteiger partial charge in [0.2, 0.25) is 15.9 Å². The van der Waals surface area contributed by atoms with Crippen LogP contribution in [0.3, 0.4) is 0 Å². The summed E-state index contributed by atoms with van der Waals surface area (Å²) in [5, 5.41) is 0. The summed E-state index contributed by atoms with van der Waals surface area (Å²) in [4.78, 5) is 14.4. The van der Waals surface area contributed by atoms with Crippen molar-refractivity contribution in [3.63, 3.8) is 0 Å². The third-order valence-corrected chi connectivity index (χ3v) is 5.58. The summed E-state index contributed by atoms with van der Waals surface area (Å²) in [5.74, 6) is -0.00685. The van der Waals surface area contributed by atoms with E-state index in [1.54, 1.807) is 0 Å². The first-order chi connectivity index (χ1) is 10.8. The topological polar surface area (TPSA) is 57.7 Å². The van der Waals surface area contributed by atoms with Crippen LogP contribution in [-0.2, 0) is 21.2 Å². The third kappa shape index (κ3) is 4.32. The van der Waals surface area contributed by atoms with E-state index in [1.165, 1.54) is 16.1 Å². The van der Waals surface area contributed by atoms with Crippen molar-refractivity contribution in [3.05, 3.63) is 29.8 Å². The Morgan fingerprint density at radius 1 is 1.30 bits per heavy atom. The molecule has 23 heavy (non-hydrogen) atoms. The van der Waals surface area contributed by atoms with Gasteiger partial charge in [0, 0.05) is 31.2 Å². The molecule has 1 aromatic rings. The Labute approximate surface area is 139 Å². The number of fused-ring (bicyclic) bond motifs is 1. The van der Waals surface area contributed by atoms with E-state index >= 15 is 0 Å². The number of nitrogens with zero attached hydrogens (tertiary/aromatic N) is 2. The quantitative estimate of drug-likeness (QED) is 0.767. The lowest BCUT2D eigenvalue weighted by atomic mass is 10.1. The average molecular weight is 338 g/mol. The molecular weight excluding hydrogens is 312 g/mol. The Hall–Kier alpha value is -1.40. The minimum absolute atomic E-state index is 0.00685. The highest BCUT2D eigenvalue weighted by atomic mass is 32.2. The highest BCUT2D eigenvalue weighted by molar-refractivity contribution is 7.88. The summed E-state index contributed by atoms with van der Waals surface area (Å²) in [6.07, 6.45) is 4.02. The number of anilines is 1. The molecule has 0 fully saturated rings. The van der Waals surface area contributed by atoms with Crippen molar-refractivity contribution in [1.82, 2.24) is 4.31 Å². The van der Waals surface area contributed by atoms with Gasteiger partial charge in [-0.15, -0.1) is 0 Å². The predicted molar refractivity (Wildman–Crippen MR) is 93.0 cm³/mol. The van der Waals surface area contributed by atoms with Crippen LogP contribution >= 0.6 is 0 Å². The maximum Gasteiger partial charge on any atom is 0.228 e. The maximum atomic E-state index is 12.6. The van der Waals surface area contributed by atoms with E-state index in [0.29, 0.717) is 6.54 Å². The minimum atomic E-state index is -3.27. The molecule has 1 aliphatic heterocycles. The van der Waals surface area contributed by atoms with Crippen molar-refractivity contribution in [2.45, 2.75) is 45.6 Å². The molecule has 1 aromatic carbocycles. The number of para-hydroxylation sites is 1. The number of amides is 1. The van der Waals surface area contributed by atoms with Gasteiger partial charge >= 0.3 is 0 Å². The molecule has 1 unspecified atom stereocenters. The van der Waals surface area contributed by atoms with E-state index in [4.69, 9.17) is 0 Å². The first-order valence-corrected chi connectivity index (χ1v) is 10.0. The van der Waals surface area contributed by atoms with E-state index in [2.05, 4.69) is 0 Å². The molecule has 2 rings (SSSR count). The Morgan fingerprint density at radius 2 is 2.00 bits per heavy atom. The molecule has 128 valence electrons. The zero-order valence-corrected chi connectivity index (χ0v) is 15.0. The Kier molecular flexibility index (Phi) is 5.81. The van der Waals surface area contributed by atoms with E-state index in [1.807, 2.05) is 43.0 Å². The van der Waals surface area contributed by atoms with Gasteiger partial charge in [-0.05, 0) is 31.4 Å². The van der Waals surface area contributed by atoms with Crippen molar-refractivity contribution < 1.29 is 13.2 Å². The summed E-state index contributed by atoms with van der Waals surface area (Å²) >= 11 is 0. The second-order valence-corrected chi connectivity index (χ2v) is 8.19. The number of hydrogen-bond donors (Lipinski definition) is 0. The number of carbonyl (C=O) groups excluding carboxylic acids is 1. The second-order valence-electron chi connectivity index (χ2n) is 6.21. The van der Waals surface area contributed by atoms with Crippen molar-refractivity contribution in [2.24, 2.45) is 0 Å². The fourth-order valence-electron chi connectivity index (χ4n) is 3.06. The van der Waals surface area contributed by atoms with Gasteiger partial charge in [-0.3, -0.25) is 4.79 Å². The minimum Gasteiger partial charge on any atom is -0.309 e. The van der Waals surface area contributed by atoms with E-state index < -0.39 is 10.0 Å². The van der Waals surface area contributed by atoms with Gasteiger partial charge in [-0.2, -0.15) is 0 Å². The molecule has 0 aliphatic carbocycles. The standard InChI is InChI=1S/C17H26N2O3S/c1-4-5-11-18(23(3,21)22)12-10-17(20)19-14(2)13-15-8-6-7-9-16(15)19/h6-9,14H,4-5,10-13H2,1-3H3. The highest BCUT2D eigenvalue weighted by Crippen LogP contribution is 2.32. The van der Waals surface area contributed by atoms with E-state index in [9.17, 15) is 13.2 Å². The Balaban J connectivity index is 2.04. The van der Waals surface area contributed by atoms with Crippen molar-refractivity contribution in [1.29, 1.82) is 0 Å². The monoisotopic (exact) mass is 338 g/mol. The normalized spacial score (nSPS) is 17.6. The number of carbonyl (C=O) groups is 1. The summed E-state index contributed by atoms with van der Waals surface area (Å²) < 4.78 is 25.1. The van der Waals surface area contributed by atoms with Gasteiger partial charge < -0.3 is 4.90 Å². The van der Waals surface area contributed by atoms with Crippen molar-refractivity contribution in [3.8, 4) is 0 Å². The molecule has 1 heterocycles. The van der Waals surface area contributed by atoms with Crippen LogP contribution in [0.25, 0.3) is 0 Å². The smallest absolute Gasteiger partial charge is 0.228 e. The fraction of sp³-hybridized carbons (Fsp3) is 0.588. The lowest BCUT2D eigenvalue weighted by Crippen LogP contribution is -2.39. The van der Waals surface area contributed by atoms with Gasteiger partial charge in [0.25, 0.3) is 0 Å².